The minimum absolute atomic E-state index is 0.765. The van der Waals surface area contributed by atoms with Crippen LogP contribution in [0.3, 0.4) is 0 Å². The second-order valence-corrected chi connectivity index (χ2v) is 5.11. The lowest BCUT2D eigenvalue weighted by Crippen LogP contribution is -2.36. The van der Waals surface area contributed by atoms with Crippen molar-refractivity contribution in [1.29, 1.82) is 0 Å². The van der Waals surface area contributed by atoms with Gasteiger partial charge >= 0.3 is 0 Å². The van der Waals surface area contributed by atoms with E-state index < -0.39 is 0 Å². The van der Waals surface area contributed by atoms with Crippen LogP contribution in [-0.4, -0.2) is 35.3 Å². The number of nitrogens with zero attached hydrogens (tertiary/aromatic N) is 2. The van der Waals surface area contributed by atoms with Crippen LogP contribution in [0.25, 0.3) is 0 Å². The van der Waals surface area contributed by atoms with E-state index in [4.69, 9.17) is 4.42 Å². The fraction of sp³-hybridized carbons (Fsp3) is 0.727. The van der Waals surface area contributed by atoms with Crippen molar-refractivity contribution in [2.75, 3.05) is 19.3 Å². The minimum atomic E-state index is 0.765. The van der Waals surface area contributed by atoms with Gasteiger partial charge in [-0.3, -0.25) is 0 Å². The van der Waals surface area contributed by atoms with Gasteiger partial charge in [0.2, 0.25) is 0 Å². The van der Waals surface area contributed by atoms with Crippen LogP contribution in [0.4, 0.5) is 0 Å². The minimum Gasteiger partial charge on any atom is -0.440 e. The van der Waals surface area contributed by atoms with Gasteiger partial charge in [0.1, 0.15) is 6.26 Å². The first-order chi connectivity index (χ1) is 7.36. The fourth-order valence-corrected chi connectivity index (χ4v) is 2.90. The average molecular weight is 226 g/mol. The normalized spacial score (nSPS) is 23.1. The Balaban J connectivity index is 1.68. The van der Waals surface area contributed by atoms with Gasteiger partial charge in [-0.15, -0.1) is 0 Å². The number of piperidine rings is 1. The molecule has 0 aromatic carbocycles. The molecule has 1 aliphatic heterocycles. The van der Waals surface area contributed by atoms with Gasteiger partial charge in [0.05, 0.1) is 6.20 Å². The molecule has 0 amide bonds. The standard InChI is InChI=1S/C11H18N2OS/c1-13-7-3-2-4-10(13)5-9-15-11-12-6-8-14-11/h6,8,10H,2-5,7,9H2,1H3/t10-/m1/s1. The Morgan fingerprint density at radius 3 is 3.27 bits per heavy atom. The molecule has 1 fully saturated rings. The molecule has 0 saturated carbocycles. The van der Waals surface area contributed by atoms with Crippen LogP contribution in [0.2, 0.25) is 0 Å². The zero-order valence-corrected chi connectivity index (χ0v) is 10.0. The maximum atomic E-state index is 5.19. The van der Waals surface area contributed by atoms with Crippen LogP contribution in [-0.2, 0) is 0 Å². The van der Waals surface area contributed by atoms with Crippen LogP contribution in [0.15, 0.2) is 22.1 Å². The van der Waals surface area contributed by atoms with Crippen molar-refractivity contribution in [2.24, 2.45) is 0 Å². The summed E-state index contributed by atoms with van der Waals surface area (Å²) in [7, 11) is 2.24. The molecule has 2 rings (SSSR count). The predicted octanol–water partition coefficient (Wildman–Crippen LogP) is 2.64. The second-order valence-electron chi connectivity index (χ2n) is 4.07. The molecule has 0 N–H and O–H groups in total. The first-order valence-corrected chi connectivity index (χ1v) is 6.57. The van der Waals surface area contributed by atoms with Crippen LogP contribution in [0.1, 0.15) is 25.7 Å². The van der Waals surface area contributed by atoms with Crippen molar-refractivity contribution in [1.82, 2.24) is 9.88 Å². The number of hydrogen-bond acceptors (Lipinski definition) is 4. The van der Waals surface area contributed by atoms with Crippen molar-refractivity contribution < 1.29 is 4.42 Å². The second kappa shape index (κ2) is 5.56. The molecule has 1 atom stereocenters. The fourth-order valence-electron chi connectivity index (χ4n) is 2.07. The Morgan fingerprint density at radius 2 is 2.53 bits per heavy atom. The molecule has 0 spiro atoms. The van der Waals surface area contributed by atoms with E-state index >= 15 is 0 Å². The molecule has 0 bridgehead atoms. The lowest BCUT2D eigenvalue weighted by molar-refractivity contribution is 0.182. The number of rotatable bonds is 4. The molecule has 1 aromatic rings. The van der Waals surface area contributed by atoms with Crippen molar-refractivity contribution in [3.8, 4) is 0 Å². The molecule has 0 aliphatic carbocycles. The van der Waals surface area contributed by atoms with Gasteiger partial charge in [0.25, 0.3) is 5.22 Å². The van der Waals surface area contributed by atoms with E-state index in [0.717, 1.165) is 17.0 Å². The van der Waals surface area contributed by atoms with E-state index in [-0.39, 0.29) is 0 Å². The van der Waals surface area contributed by atoms with Crippen molar-refractivity contribution in [3.63, 3.8) is 0 Å². The smallest absolute Gasteiger partial charge is 0.255 e. The summed E-state index contributed by atoms with van der Waals surface area (Å²) in [6.07, 6.45) is 8.68. The van der Waals surface area contributed by atoms with E-state index in [0.29, 0.717) is 0 Å². The lowest BCUT2D eigenvalue weighted by atomic mass is 10.0. The van der Waals surface area contributed by atoms with Gasteiger partial charge in [0.15, 0.2) is 0 Å². The van der Waals surface area contributed by atoms with Gasteiger partial charge in [-0.25, -0.2) is 4.98 Å². The Labute approximate surface area is 95.2 Å². The topological polar surface area (TPSA) is 29.3 Å². The summed E-state index contributed by atoms with van der Waals surface area (Å²) in [6.45, 7) is 1.26. The number of hydrogen-bond donors (Lipinski definition) is 0. The molecular weight excluding hydrogens is 208 g/mol. The monoisotopic (exact) mass is 226 g/mol. The van der Waals surface area contributed by atoms with E-state index in [1.807, 2.05) is 0 Å². The average Bonchev–Trinajstić information content (AvgIpc) is 2.74. The van der Waals surface area contributed by atoms with Gasteiger partial charge in [-0.05, 0) is 32.9 Å². The number of oxazole rings is 1. The maximum Gasteiger partial charge on any atom is 0.255 e. The molecule has 3 nitrogen and oxygen atoms in total. The summed E-state index contributed by atoms with van der Waals surface area (Å²) in [4.78, 5) is 6.59. The first kappa shape index (κ1) is 11.0. The lowest BCUT2D eigenvalue weighted by Gasteiger charge is -2.32. The summed E-state index contributed by atoms with van der Waals surface area (Å²) in [5, 5.41) is 0.800. The molecular formula is C11H18N2OS. The molecule has 15 heavy (non-hydrogen) atoms. The highest BCUT2D eigenvalue weighted by Gasteiger charge is 2.18. The van der Waals surface area contributed by atoms with Crippen molar-refractivity contribution >= 4 is 11.8 Å². The molecule has 4 heteroatoms. The van der Waals surface area contributed by atoms with Crippen LogP contribution >= 0.6 is 11.8 Å². The molecule has 84 valence electrons. The van der Waals surface area contributed by atoms with Crippen LogP contribution in [0.5, 0.6) is 0 Å². The Kier molecular flexibility index (Phi) is 4.09. The third-order valence-electron chi connectivity index (χ3n) is 3.01. The summed E-state index contributed by atoms with van der Waals surface area (Å²) in [5.41, 5.74) is 0. The van der Waals surface area contributed by atoms with Crippen LogP contribution in [0, 0.1) is 0 Å². The summed E-state index contributed by atoms with van der Waals surface area (Å²) in [5.74, 6) is 1.11. The zero-order chi connectivity index (χ0) is 10.5. The Hall–Kier alpha value is -0.480. The Bertz CT molecular complexity index is 276. The molecule has 1 saturated heterocycles. The third kappa shape index (κ3) is 3.24. The highest BCUT2D eigenvalue weighted by molar-refractivity contribution is 7.99. The van der Waals surface area contributed by atoms with E-state index in [2.05, 4.69) is 16.9 Å². The largest absolute Gasteiger partial charge is 0.440 e. The summed E-state index contributed by atoms with van der Waals surface area (Å²) >= 11 is 1.72. The van der Waals surface area contributed by atoms with Gasteiger partial charge in [-0.2, -0.15) is 0 Å². The third-order valence-corrected chi connectivity index (χ3v) is 3.90. The number of thioether (sulfide) groups is 1. The van der Waals surface area contributed by atoms with Gasteiger partial charge < -0.3 is 9.32 Å². The quantitative estimate of drug-likeness (QED) is 0.738. The highest BCUT2D eigenvalue weighted by Crippen LogP contribution is 2.22. The predicted molar refractivity (Wildman–Crippen MR) is 62.1 cm³/mol. The zero-order valence-electron chi connectivity index (χ0n) is 9.19. The maximum absolute atomic E-state index is 5.19. The summed E-state index contributed by atoms with van der Waals surface area (Å²) in [6, 6.07) is 0.765. The van der Waals surface area contributed by atoms with Gasteiger partial charge in [0, 0.05) is 11.8 Å². The van der Waals surface area contributed by atoms with Crippen molar-refractivity contribution in [3.05, 3.63) is 12.5 Å². The molecule has 2 heterocycles. The van der Waals surface area contributed by atoms with E-state index in [1.54, 1.807) is 24.2 Å². The van der Waals surface area contributed by atoms with Gasteiger partial charge in [-0.1, -0.05) is 18.2 Å². The molecule has 0 radical (unpaired) electrons. The Morgan fingerprint density at radius 1 is 1.60 bits per heavy atom. The molecule has 0 unspecified atom stereocenters. The number of likely N-dealkylation sites (tertiary alicyclic amines) is 1. The van der Waals surface area contributed by atoms with Crippen LogP contribution < -0.4 is 0 Å². The van der Waals surface area contributed by atoms with Crippen molar-refractivity contribution in [2.45, 2.75) is 36.9 Å². The highest BCUT2D eigenvalue weighted by atomic mass is 32.2. The van der Waals surface area contributed by atoms with E-state index in [9.17, 15) is 0 Å². The number of aromatic nitrogens is 1. The van der Waals surface area contributed by atoms with E-state index in [1.165, 1.54) is 32.2 Å². The molecule has 1 aliphatic rings. The SMILES string of the molecule is CN1CCCC[C@@H]1CCSc1ncco1. The summed E-state index contributed by atoms with van der Waals surface area (Å²) < 4.78 is 5.19. The first-order valence-electron chi connectivity index (χ1n) is 5.59. The molecule has 1 aromatic heterocycles.